The van der Waals surface area contributed by atoms with E-state index in [2.05, 4.69) is 5.10 Å². The Labute approximate surface area is 181 Å². The lowest BCUT2D eigenvalue weighted by Crippen LogP contribution is -2.14. The molecule has 0 spiro atoms. The lowest BCUT2D eigenvalue weighted by Gasteiger charge is -2.10. The number of nitrogens with zero attached hydrogens (tertiary/aromatic N) is 2. The molecule has 2 aromatic carbocycles. The fraction of sp³-hybridized carbons (Fsp3) is 0.200. The quantitative estimate of drug-likeness (QED) is 0.496. The van der Waals surface area contributed by atoms with Crippen molar-refractivity contribution in [2.45, 2.75) is 6.18 Å². The third-order valence-electron chi connectivity index (χ3n) is 4.18. The van der Waals surface area contributed by atoms with Crippen molar-refractivity contribution in [3.63, 3.8) is 0 Å². The average molecular weight is 473 g/mol. The van der Waals surface area contributed by atoms with Crippen molar-refractivity contribution in [3.8, 4) is 16.9 Å². The maximum absolute atomic E-state index is 13.3. The predicted octanol–water partition coefficient (Wildman–Crippen LogP) is 4.41. The molecule has 0 fully saturated rings. The fourth-order valence-corrected chi connectivity index (χ4v) is 3.28. The van der Waals surface area contributed by atoms with Gasteiger partial charge in [0.15, 0.2) is 15.5 Å². The van der Waals surface area contributed by atoms with Crippen LogP contribution in [0.15, 0.2) is 54.6 Å². The maximum Gasteiger partial charge on any atom is 0.435 e. The average Bonchev–Trinajstić information content (AvgIpc) is 3.13. The largest absolute Gasteiger partial charge is 0.461 e. The predicted molar refractivity (Wildman–Crippen MR) is 109 cm³/mol. The Balaban J connectivity index is 1.93. The van der Waals surface area contributed by atoms with Gasteiger partial charge in [-0.2, -0.15) is 18.3 Å². The molecule has 0 unspecified atom stereocenters. The molecule has 3 rings (SSSR count). The molecule has 0 atom stereocenters. The SMILES string of the molecule is CS(=O)(=O)CCOC(=O)c1ccc(-c2cc(C(F)(F)F)nn2-c2ccccc2Cl)cc1. The van der Waals surface area contributed by atoms with E-state index in [4.69, 9.17) is 16.3 Å². The minimum absolute atomic E-state index is 0.122. The van der Waals surface area contributed by atoms with Crippen LogP contribution in [-0.4, -0.2) is 42.8 Å². The molecule has 0 N–H and O–H groups in total. The molecule has 0 amide bonds. The van der Waals surface area contributed by atoms with Gasteiger partial charge in [0.2, 0.25) is 0 Å². The van der Waals surface area contributed by atoms with Crippen LogP contribution in [0.4, 0.5) is 13.2 Å². The zero-order chi connectivity index (χ0) is 22.8. The first-order valence-electron chi connectivity index (χ1n) is 8.83. The minimum Gasteiger partial charge on any atom is -0.461 e. The molecule has 11 heteroatoms. The lowest BCUT2D eigenvalue weighted by atomic mass is 10.1. The highest BCUT2D eigenvalue weighted by Crippen LogP contribution is 2.34. The van der Waals surface area contributed by atoms with Gasteiger partial charge in [-0.3, -0.25) is 0 Å². The number of ether oxygens (including phenoxy) is 1. The molecular formula is C20H16ClF3N2O4S. The third-order valence-corrected chi connectivity index (χ3v) is 5.41. The van der Waals surface area contributed by atoms with Crippen molar-refractivity contribution < 1.29 is 31.1 Å². The van der Waals surface area contributed by atoms with Crippen LogP contribution >= 0.6 is 11.6 Å². The first-order valence-corrected chi connectivity index (χ1v) is 11.3. The second kappa shape index (κ2) is 8.72. The first kappa shape index (κ1) is 22.8. The molecule has 1 aromatic heterocycles. The summed E-state index contributed by atoms with van der Waals surface area (Å²) in [5, 5.41) is 3.88. The molecule has 0 saturated carbocycles. The zero-order valence-electron chi connectivity index (χ0n) is 16.1. The van der Waals surface area contributed by atoms with Gasteiger partial charge in [0.1, 0.15) is 6.61 Å². The smallest absolute Gasteiger partial charge is 0.435 e. The Morgan fingerprint density at radius 1 is 1.13 bits per heavy atom. The molecule has 3 aromatic rings. The summed E-state index contributed by atoms with van der Waals surface area (Å²) in [5.41, 5.74) is -0.226. The molecule has 0 bridgehead atoms. The van der Waals surface area contributed by atoms with Gasteiger partial charge in [-0.25, -0.2) is 17.9 Å². The van der Waals surface area contributed by atoms with Crippen LogP contribution in [0.25, 0.3) is 16.9 Å². The van der Waals surface area contributed by atoms with Crippen molar-refractivity contribution in [2.24, 2.45) is 0 Å². The Kier molecular flexibility index (Phi) is 6.42. The van der Waals surface area contributed by atoms with Gasteiger partial charge in [0.05, 0.1) is 27.7 Å². The zero-order valence-corrected chi connectivity index (χ0v) is 17.6. The van der Waals surface area contributed by atoms with Crippen LogP contribution in [0.3, 0.4) is 0 Å². The van der Waals surface area contributed by atoms with E-state index in [1.54, 1.807) is 12.1 Å². The van der Waals surface area contributed by atoms with E-state index in [-0.39, 0.29) is 34.3 Å². The lowest BCUT2D eigenvalue weighted by molar-refractivity contribution is -0.141. The second-order valence-corrected chi connectivity index (χ2v) is 9.29. The number of alkyl halides is 3. The van der Waals surface area contributed by atoms with Gasteiger partial charge >= 0.3 is 12.1 Å². The number of para-hydroxylation sites is 1. The normalized spacial score (nSPS) is 12.0. The number of rotatable bonds is 6. The Hall–Kier alpha value is -2.85. The Morgan fingerprint density at radius 3 is 2.35 bits per heavy atom. The molecule has 31 heavy (non-hydrogen) atoms. The molecule has 0 aliphatic heterocycles. The molecule has 0 aliphatic carbocycles. The van der Waals surface area contributed by atoms with Crippen molar-refractivity contribution in [2.75, 3.05) is 18.6 Å². The topological polar surface area (TPSA) is 78.3 Å². The van der Waals surface area contributed by atoms with Crippen molar-refractivity contribution in [1.82, 2.24) is 9.78 Å². The molecule has 6 nitrogen and oxygen atoms in total. The Bertz CT molecular complexity index is 1210. The van der Waals surface area contributed by atoms with Crippen LogP contribution in [0.5, 0.6) is 0 Å². The summed E-state index contributed by atoms with van der Waals surface area (Å²) >= 11 is 6.14. The Morgan fingerprint density at radius 2 is 1.77 bits per heavy atom. The van der Waals surface area contributed by atoms with Gasteiger partial charge in [-0.15, -0.1) is 0 Å². The van der Waals surface area contributed by atoms with Crippen LogP contribution in [0, 0.1) is 0 Å². The number of halogens is 4. The molecule has 0 saturated heterocycles. The summed E-state index contributed by atoms with van der Waals surface area (Å²) in [6, 6.07) is 12.8. The van der Waals surface area contributed by atoms with Gasteiger partial charge in [-0.1, -0.05) is 35.9 Å². The summed E-state index contributed by atoms with van der Waals surface area (Å²) in [5.74, 6) is -1.06. The number of hydrogen-bond donors (Lipinski definition) is 0. The van der Waals surface area contributed by atoms with Crippen LogP contribution in [0.1, 0.15) is 16.1 Å². The van der Waals surface area contributed by atoms with E-state index in [0.717, 1.165) is 17.0 Å². The van der Waals surface area contributed by atoms with Gasteiger partial charge in [0.25, 0.3) is 0 Å². The number of benzene rings is 2. The van der Waals surface area contributed by atoms with E-state index in [9.17, 15) is 26.4 Å². The fourth-order valence-electron chi connectivity index (χ4n) is 2.68. The monoisotopic (exact) mass is 472 g/mol. The summed E-state index contributed by atoms with van der Waals surface area (Å²) in [7, 11) is -3.28. The minimum atomic E-state index is -4.66. The van der Waals surface area contributed by atoms with Crippen molar-refractivity contribution >= 4 is 27.4 Å². The number of aromatic nitrogens is 2. The molecular weight excluding hydrogens is 457 g/mol. The number of sulfone groups is 1. The standard InChI is InChI=1S/C20H16ClF3N2O4S/c1-31(28,29)11-10-30-19(27)14-8-6-13(7-9-14)17-12-18(20(22,23)24)25-26(17)16-5-3-2-4-15(16)21/h2-9,12H,10-11H2,1H3. The van der Waals surface area contributed by atoms with Crippen LogP contribution < -0.4 is 0 Å². The van der Waals surface area contributed by atoms with E-state index in [1.165, 1.54) is 36.4 Å². The van der Waals surface area contributed by atoms with Gasteiger partial charge in [-0.05, 0) is 30.3 Å². The first-order chi connectivity index (χ1) is 14.5. The second-order valence-electron chi connectivity index (χ2n) is 6.62. The summed E-state index contributed by atoms with van der Waals surface area (Å²) in [6.07, 6.45) is -3.64. The van der Waals surface area contributed by atoms with Crippen LogP contribution in [-0.2, 0) is 20.8 Å². The number of esters is 1. The molecule has 164 valence electrons. The number of hydrogen-bond acceptors (Lipinski definition) is 5. The summed E-state index contributed by atoms with van der Waals surface area (Å²) < 4.78 is 68.0. The summed E-state index contributed by atoms with van der Waals surface area (Å²) in [6.45, 7) is -0.298. The summed E-state index contributed by atoms with van der Waals surface area (Å²) in [4.78, 5) is 12.0. The highest BCUT2D eigenvalue weighted by molar-refractivity contribution is 7.90. The van der Waals surface area contributed by atoms with E-state index >= 15 is 0 Å². The van der Waals surface area contributed by atoms with Crippen LogP contribution in [0.2, 0.25) is 5.02 Å². The van der Waals surface area contributed by atoms with E-state index in [0.29, 0.717) is 5.56 Å². The molecule has 0 aliphatic rings. The number of carbonyl (C=O) groups excluding carboxylic acids is 1. The highest BCUT2D eigenvalue weighted by Gasteiger charge is 2.35. The van der Waals surface area contributed by atoms with E-state index in [1.807, 2.05) is 0 Å². The van der Waals surface area contributed by atoms with E-state index < -0.39 is 27.7 Å². The number of carbonyl (C=O) groups is 1. The van der Waals surface area contributed by atoms with Crippen molar-refractivity contribution in [1.29, 1.82) is 0 Å². The third kappa shape index (κ3) is 5.65. The molecule has 1 heterocycles. The maximum atomic E-state index is 13.3. The van der Waals surface area contributed by atoms with Crippen molar-refractivity contribution in [3.05, 3.63) is 70.9 Å². The van der Waals surface area contributed by atoms with Gasteiger partial charge in [0, 0.05) is 11.8 Å². The molecule has 0 radical (unpaired) electrons. The highest BCUT2D eigenvalue weighted by atomic mass is 35.5. The van der Waals surface area contributed by atoms with Gasteiger partial charge < -0.3 is 4.74 Å².